The van der Waals surface area contributed by atoms with Crippen LogP contribution in [0, 0.1) is 0 Å². The molecule has 0 N–H and O–H groups in total. The summed E-state index contributed by atoms with van der Waals surface area (Å²) < 4.78 is 0. The molecule has 0 amide bonds. The van der Waals surface area contributed by atoms with Gasteiger partial charge >= 0.3 is 0 Å². The maximum absolute atomic E-state index is 2.29. The monoisotopic (exact) mass is 120 g/mol. The van der Waals surface area contributed by atoms with Crippen molar-refractivity contribution in [2.24, 2.45) is 0 Å². The van der Waals surface area contributed by atoms with Gasteiger partial charge in [0.2, 0.25) is 0 Å². The van der Waals surface area contributed by atoms with Gasteiger partial charge in [-0.3, -0.25) is 0 Å². The van der Waals surface area contributed by atoms with Crippen LogP contribution in [-0.4, -0.2) is 0 Å². The standard InChI is InChI=1S/C9H12/c1-2-5-8(4-1)9-6-3-7-9/h1-2H,3-7H2. The lowest BCUT2D eigenvalue weighted by molar-refractivity contribution is 0.646. The van der Waals surface area contributed by atoms with Gasteiger partial charge in [-0.15, -0.1) is 0 Å². The van der Waals surface area contributed by atoms with Gasteiger partial charge in [0, 0.05) is 0 Å². The summed E-state index contributed by atoms with van der Waals surface area (Å²) in [5.74, 6) is 0. The van der Waals surface area contributed by atoms with Crippen molar-refractivity contribution in [1.82, 2.24) is 0 Å². The summed E-state index contributed by atoms with van der Waals surface area (Å²) in [5, 5.41) is 0. The highest BCUT2D eigenvalue weighted by atomic mass is 14.2. The van der Waals surface area contributed by atoms with Crippen LogP contribution in [0.1, 0.15) is 32.1 Å². The Morgan fingerprint density at radius 2 is 1.56 bits per heavy atom. The zero-order valence-corrected chi connectivity index (χ0v) is 5.69. The van der Waals surface area contributed by atoms with Crippen molar-refractivity contribution in [2.45, 2.75) is 32.1 Å². The fraction of sp³-hybridized carbons (Fsp3) is 0.556. The molecule has 0 nitrogen and oxygen atoms in total. The van der Waals surface area contributed by atoms with Crippen molar-refractivity contribution in [1.29, 1.82) is 0 Å². The normalized spacial score (nSPS) is 24.9. The van der Waals surface area contributed by atoms with E-state index in [0.717, 1.165) is 0 Å². The van der Waals surface area contributed by atoms with Crippen LogP contribution in [-0.2, 0) is 0 Å². The van der Waals surface area contributed by atoms with E-state index in [-0.39, 0.29) is 0 Å². The smallest absolute Gasteiger partial charge is 0.0133 e. The molecule has 0 aliphatic heterocycles. The molecule has 0 heteroatoms. The van der Waals surface area contributed by atoms with E-state index in [1.54, 1.807) is 11.1 Å². The molecule has 0 atom stereocenters. The van der Waals surface area contributed by atoms with E-state index in [4.69, 9.17) is 0 Å². The molecule has 0 unspecified atom stereocenters. The van der Waals surface area contributed by atoms with Crippen molar-refractivity contribution in [2.75, 3.05) is 0 Å². The van der Waals surface area contributed by atoms with Gasteiger partial charge in [0.1, 0.15) is 0 Å². The highest BCUT2D eigenvalue weighted by Gasteiger charge is 2.14. The average molecular weight is 120 g/mol. The van der Waals surface area contributed by atoms with E-state index in [1.807, 2.05) is 0 Å². The third-order valence-corrected chi connectivity index (χ3v) is 2.35. The predicted molar refractivity (Wildman–Crippen MR) is 39.3 cm³/mol. The number of allylic oxidation sites excluding steroid dienone is 4. The Labute approximate surface area is 56.3 Å². The number of rotatable bonds is 0. The van der Waals surface area contributed by atoms with Crippen molar-refractivity contribution < 1.29 is 0 Å². The van der Waals surface area contributed by atoms with Crippen LogP contribution in [0.3, 0.4) is 0 Å². The van der Waals surface area contributed by atoms with Crippen molar-refractivity contribution in [3.8, 4) is 0 Å². The molecule has 0 aromatic heterocycles. The molecule has 1 fully saturated rings. The molecule has 0 spiro atoms. The zero-order valence-electron chi connectivity index (χ0n) is 5.69. The van der Waals surface area contributed by atoms with Gasteiger partial charge in [0.25, 0.3) is 0 Å². The SMILES string of the molecule is C1=CCC(=C2CCC2)C1. The number of hydrogen-bond donors (Lipinski definition) is 0. The molecule has 0 bridgehead atoms. The Morgan fingerprint density at radius 1 is 0.889 bits per heavy atom. The second-order valence-electron chi connectivity index (χ2n) is 2.94. The summed E-state index contributed by atoms with van der Waals surface area (Å²) in [6.45, 7) is 0. The Balaban J connectivity index is 2.11. The molecule has 0 aromatic rings. The molecule has 2 rings (SSSR count). The van der Waals surface area contributed by atoms with Gasteiger partial charge in [0.05, 0.1) is 0 Å². The van der Waals surface area contributed by atoms with Crippen LogP contribution in [0.15, 0.2) is 23.3 Å². The minimum atomic E-state index is 1.26. The molecular formula is C9H12. The van der Waals surface area contributed by atoms with Crippen LogP contribution in [0.5, 0.6) is 0 Å². The minimum absolute atomic E-state index is 1.26. The maximum Gasteiger partial charge on any atom is -0.0133 e. The zero-order chi connectivity index (χ0) is 6.10. The molecular weight excluding hydrogens is 108 g/mol. The van der Waals surface area contributed by atoms with Gasteiger partial charge < -0.3 is 0 Å². The lowest BCUT2D eigenvalue weighted by Crippen LogP contribution is -1.99. The van der Waals surface area contributed by atoms with Crippen molar-refractivity contribution in [3.05, 3.63) is 23.3 Å². The Hall–Kier alpha value is -0.520. The average Bonchev–Trinajstić information content (AvgIpc) is 2.11. The summed E-state index contributed by atoms with van der Waals surface area (Å²) >= 11 is 0. The second-order valence-corrected chi connectivity index (χ2v) is 2.94. The van der Waals surface area contributed by atoms with Crippen LogP contribution in [0.2, 0.25) is 0 Å². The van der Waals surface area contributed by atoms with E-state index in [1.165, 1.54) is 32.1 Å². The maximum atomic E-state index is 2.29. The fourth-order valence-corrected chi connectivity index (χ4v) is 1.53. The second kappa shape index (κ2) is 2.02. The summed E-state index contributed by atoms with van der Waals surface area (Å²) in [6, 6.07) is 0. The van der Waals surface area contributed by atoms with Crippen molar-refractivity contribution in [3.63, 3.8) is 0 Å². The van der Waals surface area contributed by atoms with Gasteiger partial charge in [0.15, 0.2) is 0 Å². The lowest BCUT2D eigenvalue weighted by Gasteiger charge is -2.19. The van der Waals surface area contributed by atoms with E-state index in [9.17, 15) is 0 Å². The molecule has 0 heterocycles. The van der Waals surface area contributed by atoms with Gasteiger partial charge in [-0.1, -0.05) is 23.3 Å². The number of hydrogen-bond acceptors (Lipinski definition) is 0. The van der Waals surface area contributed by atoms with Crippen LogP contribution in [0.25, 0.3) is 0 Å². The lowest BCUT2D eigenvalue weighted by atomic mass is 9.87. The molecule has 9 heavy (non-hydrogen) atoms. The first-order valence-electron chi connectivity index (χ1n) is 3.81. The van der Waals surface area contributed by atoms with Crippen molar-refractivity contribution >= 4 is 0 Å². The molecule has 48 valence electrons. The summed E-state index contributed by atoms with van der Waals surface area (Å²) in [5.41, 5.74) is 3.49. The Morgan fingerprint density at radius 3 is 2.00 bits per heavy atom. The highest BCUT2D eigenvalue weighted by molar-refractivity contribution is 5.27. The highest BCUT2D eigenvalue weighted by Crippen LogP contribution is 2.33. The van der Waals surface area contributed by atoms with Crippen LogP contribution in [0.4, 0.5) is 0 Å². The van der Waals surface area contributed by atoms with E-state index in [2.05, 4.69) is 12.2 Å². The molecule has 0 saturated heterocycles. The van der Waals surface area contributed by atoms with Crippen LogP contribution >= 0.6 is 0 Å². The first kappa shape index (κ1) is 5.28. The van der Waals surface area contributed by atoms with Gasteiger partial charge in [-0.2, -0.15) is 0 Å². The minimum Gasteiger partial charge on any atom is -0.0841 e. The first-order valence-corrected chi connectivity index (χ1v) is 3.81. The van der Waals surface area contributed by atoms with E-state index >= 15 is 0 Å². The quantitative estimate of drug-likeness (QED) is 0.431. The third-order valence-electron chi connectivity index (χ3n) is 2.35. The fourth-order valence-electron chi connectivity index (χ4n) is 1.53. The largest absolute Gasteiger partial charge is 0.0841 e. The topological polar surface area (TPSA) is 0 Å². The summed E-state index contributed by atoms with van der Waals surface area (Å²) in [6.07, 6.45) is 11.3. The molecule has 0 radical (unpaired) electrons. The first-order chi connectivity index (χ1) is 4.47. The molecule has 1 saturated carbocycles. The Kier molecular flexibility index (Phi) is 1.18. The Bertz CT molecular complexity index is 156. The van der Waals surface area contributed by atoms with Gasteiger partial charge in [-0.05, 0) is 32.1 Å². The predicted octanol–water partition coefficient (Wildman–Crippen LogP) is 2.82. The molecule has 2 aliphatic carbocycles. The molecule has 0 aromatic carbocycles. The third kappa shape index (κ3) is 0.827. The van der Waals surface area contributed by atoms with E-state index < -0.39 is 0 Å². The molecule has 2 aliphatic rings. The summed E-state index contributed by atoms with van der Waals surface area (Å²) in [4.78, 5) is 0. The van der Waals surface area contributed by atoms with Gasteiger partial charge in [-0.25, -0.2) is 0 Å². The van der Waals surface area contributed by atoms with E-state index in [0.29, 0.717) is 0 Å². The van der Waals surface area contributed by atoms with Crippen LogP contribution < -0.4 is 0 Å². The summed E-state index contributed by atoms with van der Waals surface area (Å²) in [7, 11) is 0.